The van der Waals surface area contributed by atoms with Gasteiger partial charge in [0, 0.05) is 22.4 Å². The van der Waals surface area contributed by atoms with Crippen molar-refractivity contribution in [3.05, 3.63) is 40.9 Å². The topological polar surface area (TPSA) is 90.0 Å². The number of nitrogens with zero attached hydrogens (tertiary/aromatic N) is 2. The van der Waals surface area contributed by atoms with Gasteiger partial charge < -0.3 is 9.88 Å². The summed E-state index contributed by atoms with van der Waals surface area (Å²) in [6.45, 7) is 0.629. The Morgan fingerprint density at radius 1 is 1.43 bits per heavy atom. The second kappa shape index (κ2) is 5.43. The molecule has 0 atom stereocenters. The highest BCUT2D eigenvalue weighted by atomic mass is 79.9. The van der Waals surface area contributed by atoms with Crippen molar-refractivity contribution in [2.75, 3.05) is 5.32 Å². The van der Waals surface area contributed by atoms with Crippen LogP contribution in [0.15, 0.2) is 40.1 Å². The molecule has 0 bridgehead atoms. The summed E-state index contributed by atoms with van der Waals surface area (Å²) in [7, 11) is -3.68. The summed E-state index contributed by atoms with van der Waals surface area (Å²) in [4.78, 5) is 4.27. The van der Waals surface area contributed by atoms with E-state index in [2.05, 4.69) is 30.8 Å². The molecule has 21 heavy (non-hydrogen) atoms. The fourth-order valence-electron chi connectivity index (χ4n) is 2.15. The van der Waals surface area contributed by atoms with Gasteiger partial charge in [-0.15, -0.1) is 0 Å². The highest BCUT2D eigenvalue weighted by molar-refractivity contribution is 9.10. The van der Waals surface area contributed by atoms with Crippen molar-refractivity contribution < 1.29 is 8.42 Å². The van der Waals surface area contributed by atoms with Crippen LogP contribution in [0.4, 0.5) is 5.69 Å². The quantitative estimate of drug-likeness (QED) is 0.844. The third kappa shape index (κ3) is 3.28. The van der Waals surface area contributed by atoms with Gasteiger partial charge in [-0.2, -0.15) is 0 Å². The van der Waals surface area contributed by atoms with Crippen LogP contribution in [0.1, 0.15) is 24.6 Å². The van der Waals surface area contributed by atoms with Gasteiger partial charge in [-0.05, 0) is 47.0 Å². The van der Waals surface area contributed by atoms with E-state index in [-0.39, 0.29) is 4.90 Å². The van der Waals surface area contributed by atoms with Gasteiger partial charge in [0.25, 0.3) is 0 Å². The maximum absolute atomic E-state index is 11.3. The lowest BCUT2D eigenvalue weighted by Gasteiger charge is -2.11. The minimum Gasteiger partial charge on any atom is -0.378 e. The summed E-state index contributed by atoms with van der Waals surface area (Å²) in [6.07, 6.45) is 6.11. The van der Waals surface area contributed by atoms with Gasteiger partial charge in [0.05, 0.1) is 23.5 Å². The van der Waals surface area contributed by atoms with Crippen LogP contribution in [0.3, 0.4) is 0 Å². The molecule has 0 unspecified atom stereocenters. The summed E-state index contributed by atoms with van der Waals surface area (Å²) in [5, 5.41) is 8.38. The van der Waals surface area contributed by atoms with E-state index in [0.717, 1.165) is 11.4 Å². The number of halogens is 1. The summed E-state index contributed by atoms with van der Waals surface area (Å²) in [5.74, 6) is 0. The Morgan fingerprint density at radius 3 is 2.81 bits per heavy atom. The number of hydrogen-bond donors (Lipinski definition) is 2. The van der Waals surface area contributed by atoms with Crippen molar-refractivity contribution in [1.82, 2.24) is 9.55 Å². The molecule has 8 heteroatoms. The molecule has 1 aliphatic rings. The largest absolute Gasteiger partial charge is 0.378 e. The lowest BCUT2D eigenvalue weighted by atomic mass is 10.3. The third-order valence-electron chi connectivity index (χ3n) is 3.42. The van der Waals surface area contributed by atoms with Gasteiger partial charge in [0.2, 0.25) is 10.0 Å². The van der Waals surface area contributed by atoms with Crippen LogP contribution in [0.5, 0.6) is 0 Å². The Morgan fingerprint density at radius 2 is 2.19 bits per heavy atom. The Bertz CT molecular complexity index is 768. The molecule has 3 N–H and O–H groups in total. The number of nitrogens with two attached hydrogens (primary N) is 1. The number of aromatic nitrogens is 2. The zero-order valence-corrected chi connectivity index (χ0v) is 13.6. The monoisotopic (exact) mass is 370 g/mol. The number of rotatable bonds is 5. The van der Waals surface area contributed by atoms with Crippen molar-refractivity contribution in [2.45, 2.75) is 30.3 Å². The number of anilines is 1. The van der Waals surface area contributed by atoms with Gasteiger partial charge in [0.15, 0.2) is 0 Å². The maximum Gasteiger partial charge on any atom is 0.238 e. The lowest BCUT2D eigenvalue weighted by Crippen LogP contribution is -2.12. The van der Waals surface area contributed by atoms with Gasteiger partial charge in [-0.3, -0.25) is 0 Å². The molecule has 6 nitrogen and oxygen atoms in total. The first-order valence-electron chi connectivity index (χ1n) is 6.52. The van der Waals surface area contributed by atoms with Crippen molar-refractivity contribution >= 4 is 31.6 Å². The van der Waals surface area contributed by atoms with E-state index in [1.807, 2.05) is 12.5 Å². The Hall–Kier alpha value is -1.38. The zero-order valence-electron chi connectivity index (χ0n) is 11.2. The van der Waals surface area contributed by atoms with E-state index in [1.54, 1.807) is 6.07 Å². The number of hydrogen-bond acceptors (Lipinski definition) is 4. The SMILES string of the molecule is NS(=O)(=O)c1ccc(NCc2cncn2C2CC2)c(Br)c1. The van der Waals surface area contributed by atoms with E-state index in [9.17, 15) is 8.42 Å². The Labute approximate surface area is 131 Å². The lowest BCUT2D eigenvalue weighted by molar-refractivity contribution is 0.598. The Balaban J connectivity index is 1.74. The molecular weight excluding hydrogens is 356 g/mol. The van der Waals surface area contributed by atoms with Crippen LogP contribution in [-0.2, 0) is 16.6 Å². The van der Waals surface area contributed by atoms with Gasteiger partial charge in [-0.25, -0.2) is 18.5 Å². The standard InChI is InChI=1S/C13H15BrN4O2S/c14-12-5-11(21(15,19)20)3-4-13(12)17-7-10-6-16-8-18(10)9-1-2-9/h3-6,8-9,17H,1-2,7H2,(H2,15,19,20). The molecule has 1 aliphatic carbocycles. The van der Waals surface area contributed by atoms with E-state index >= 15 is 0 Å². The summed E-state index contributed by atoms with van der Waals surface area (Å²) in [5.41, 5.74) is 1.92. The number of benzene rings is 1. The normalized spacial score (nSPS) is 15.1. The number of sulfonamides is 1. The molecule has 0 saturated heterocycles. The molecule has 2 aromatic rings. The summed E-state index contributed by atoms with van der Waals surface area (Å²) >= 11 is 3.36. The molecule has 1 heterocycles. The first-order valence-corrected chi connectivity index (χ1v) is 8.86. The van der Waals surface area contributed by atoms with Crippen LogP contribution < -0.4 is 10.5 Å². The minimum absolute atomic E-state index is 0.0861. The molecule has 3 rings (SSSR count). The van der Waals surface area contributed by atoms with E-state index in [0.29, 0.717) is 17.1 Å². The molecule has 1 saturated carbocycles. The van der Waals surface area contributed by atoms with Gasteiger partial charge >= 0.3 is 0 Å². The summed E-state index contributed by atoms with van der Waals surface area (Å²) < 4.78 is 25.4. The maximum atomic E-state index is 11.3. The smallest absolute Gasteiger partial charge is 0.238 e. The molecule has 112 valence electrons. The van der Waals surface area contributed by atoms with E-state index < -0.39 is 10.0 Å². The highest BCUT2D eigenvalue weighted by Crippen LogP contribution is 2.35. The third-order valence-corrected chi connectivity index (χ3v) is 4.98. The molecule has 1 fully saturated rings. The van der Waals surface area contributed by atoms with Crippen molar-refractivity contribution in [1.29, 1.82) is 0 Å². The van der Waals surface area contributed by atoms with E-state index in [1.165, 1.54) is 25.0 Å². The zero-order chi connectivity index (χ0) is 15.0. The fourth-order valence-corrected chi connectivity index (χ4v) is 3.36. The predicted octanol–water partition coefficient (Wildman–Crippen LogP) is 2.24. The summed E-state index contributed by atoms with van der Waals surface area (Å²) in [6, 6.07) is 5.26. The molecule has 0 radical (unpaired) electrons. The van der Waals surface area contributed by atoms with Crippen molar-refractivity contribution in [3.8, 4) is 0 Å². The average Bonchev–Trinajstić information content (AvgIpc) is 3.15. The average molecular weight is 371 g/mol. The molecule has 1 aromatic carbocycles. The van der Waals surface area contributed by atoms with E-state index in [4.69, 9.17) is 5.14 Å². The fraction of sp³-hybridized carbons (Fsp3) is 0.308. The second-order valence-electron chi connectivity index (χ2n) is 5.06. The van der Waals surface area contributed by atoms with Gasteiger partial charge in [-0.1, -0.05) is 0 Å². The number of nitrogens with one attached hydrogen (secondary N) is 1. The van der Waals surface area contributed by atoms with Crippen LogP contribution in [0.2, 0.25) is 0 Å². The van der Waals surface area contributed by atoms with Gasteiger partial charge in [0.1, 0.15) is 0 Å². The number of imidazole rings is 1. The minimum atomic E-state index is -3.68. The highest BCUT2D eigenvalue weighted by Gasteiger charge is 2.25. The first kappa shape index (κ1) is 14.6. The molecule has 0 spiro atoms. The van der Waals surface area contributed by atoms with Crippen LogP contribution >= 0.6 is 15.9 Å². The van der Waals surface area contributed by atoms with Crippen LogP contribution in [0.25, 0.3) is 0 Å². The molecule has 0 amide bonds. The van der Waals surface area contributed by atoms with Crippen LogP contribution in [0, 0.1) is 0 Å². The predicted molar refractivity (Wildman–Crippen MR) is 83.3 cm³/mol. The molecule has 0 aliphatic heterocycles. The second-order valence-corrected chi connectivity index (χ2v) is 7.48. The Kier molecular flexibility index (Phi) is 3.76. The van der Waals surface area contributed by atoms with Crippen molar-refractivity contribution in [2.24, 2.45) is 5.14 Å². The first-order chi connectivity index (χ1) is 9.95. The van der Waals surface area contributed by atoms with Crippen molar-refractivity contribution in [3.63, 3.8) is 0 Å². The molecule has 1 aromatic heterocycles. The number of primary sulfonamides is 1. The molecular formula is C13H15BrN4O2S. The van der Waals surface area contributed by atoms with Crippen LogP contribution in [-0.4, -0.2) is 18.0 Å².